The summed E-state index contributed by atoms with van der Waals surface area (Å²) in [5.41, 5.74) is 1.05. The van der Waals surface area contributed by atoms with Crippen molar-refractivity contribution in [3.63, 3.8) is 0 Å². The van der Waals surface area contributed by atoms with Crippen LogP contribution in [-0.4, -0.2) is 50.1 Å². The Morgan fingerprint density at radius 1 is 1.12 bits per heavy atom. The van der Waals surface area contributed by atoms with Crippen LogP contribution in [0.1, 0.15) is 37.7 Å². The van der Waals surface area contributed by atoms with E-state index < -0.39 is 0 Å². The molecule has 0 bridgehead atoms. The third-order valence-electron chi connectivity index (χ3n) is 6.21. The average Bonchev–Trinajstić information content (AvgIpc) is 3.29. The van der Waals surface area contributed by atoms with E-state index >= 15 is 0 Å². The molecule has 26 heavy (non-hydrogen) atoms. The monoisotopic (exact) mass is 399 g/mol. The van der Waals surface area contributed by atoms with Crippen molar-refractivity contribution in [2.75, 3.05) is 33.4 Å². The van der Waals surface area contributed by atoms with Crippen LogP contribution in [0.15, 0.2) is 12.1 Å². The van der Waals surface area contributed by atoms with Crippen molar-refractivity contribution < 1.29 is 14.2 Å². The summed E-state index contributed by atoms with van der Waals surface area (Å²) in [5, 5.41) is 1.42. The molecule has 0 amide bonds. The predicted molar refractivity (Wildman–Crippen MR) is 103 cm³/mol. The molecule has 1 aliphatic carbocycles. The highest BCUT2D eigenvalue weighted by Crippen LogP contribution is 2.39. The minimum absolute atomic E-state index is 0.264. The van der Waals surface area contributed by atoms with Gasteiger partial charge in [0.2, 0.25) is 0 Å². The molecule has 1 saturated carbocycles. The van der Waals surface area contributed by atoms with E-state index in [9.17, 15) is 0 Å². The first-order valence-corrected chi connectivity index (χ1v) is 10.4. The zero-order valence-corrected chi connectivity index (χ0v) is 16.8. The van der Waals surface area contributed by atoms with Crippen LogP contribution in [0.2, 0.25) is 10.0 Å². The highest BCUT2D eigenvalue weighted by molar-refractivity contribution is 6.36. The van der Waals surface area contributed by atoms with Crippen molar-refractivity contribution in [2.24, 2.45) is 5.92 Å². The molecule has 0 N–H and O–H groups in total. The van der Waals surface area contributed by atoms with Crippen LogP contribution >= 0.6 is 23.2 Å². The number of likely N-dealkylation sites (tertiary alicyclic amines) is 1. The SMILES string of the molecule is COc1cc(Cl)c(CC2CCN(C3CCC4(CC3)OCCO4)C2)c(Cl)c1. The van der Waals surface area contributed by atoms with Crippen LogP contribution in [-0.2, 0) is 15.9 Å². The van der Waals surface area contributed by atoms with Crippen LogP contribution in [0.4, 0.5) is 0 Å². The van der Waals surface area contributed by atoms with Crippen molar-refractivity contribution >= 4 is 23.2 Å². The number of hydrogen-bond acceptors (Lipinski definition) is 4. The molecule has 1 spiro atoms. The lowest BCUT2D eigenvalue weighted by Crippen LogP contribution is -2.43. The fraction of sp³-hybridized carbons (Fsp3) is 0.700. The summed E-state index contributed by atoms with van der Waals surface area (Å²) in [7, 11) is 1.63. The molecule has 144 valence electrons. The standard InChI is InChI=1S/C20H27Cl2NO3/c1-24-16-11-18(21)17(19(22)12-16)10-14-4-7-23(13-14)15-2-5-20(6-3-15)25-8-9-26-20/h11-12,14-15H,2-10,13H2,1H3. The van der Waals surface area contributed by atoms with Crippen molar-refractivity contribution in [3.8, 4) is 5.75 Å². The second-order valence-electron chi connectivity index (χ2n) is 7.76. The van der Waals surface area contributed by atoms with E-state index in [1.54, 1.807) is 7.11 Å². The molecule has 0 radical (unpaired) electrons. The topological polar surface area (TPSA) is 30.9 Å². The number of ether oxygens (including phenoxy) is 3. The van der Waals surface area contributed by atoms with Crippen LogP contribution in [0.25, 0.3) is 0 Å². The smallest absolute Gasteiger partial charge is 0.168 e. The summed E-state index contributed by atoms with van der Waals surface area (Å²) in [6.45, 7) is 3.78. The van der Waals surface area contributed by atoms with Crippen molar-refractivity contribution in [1.82, 2.24) is 4.90 Å². The maximum absolute atomic E-state index is 6.44. The van der Waals surface area contributed by atoms with Gasteiger partial charge in [0.15, 0.2) is 5.79 Å². The first kappa shape index (κ1) is 18.8. The largest absolute Gasteiger partial charge is 0.497 e. The van der Waals surface area contributed by atoms with E-state index in [1.807, 2.05) is 12.1 Å². The Morgan fingerprint density at radius 3 is 2.38 bits per heavy atom. The first-order valence-electron chi connectivity index (χ1n) is 9.62. The van der Waals surface area contributed by atoms with Crippen molar-refractivity contribution in [1.29, 1.82) is 0 Å². The predicted octanol–water partition coefficient (Wildman–Crippen LogP) is 4.55. The molecular weight excluding hydrogens is 373 g/mol. The molecule has 6 heteroatoms. The highest BCUT2D eigenvalue weighted by Gasteiger charge is 2.42. The van der Waals surface area contributed by atoms with Gasteiger partial charge in [0.05, 0.1) is 20.3 Å². The molecule has 4 nitrogen and oxygen atoms in total. The second-order valence-corrected chi connectivity index (χ2v) is 8.58. The van der Waals surface area contributed by atoms with E-state index in [0.29, 0.717) is 27.8 Å². The maximum Gasteiger partial charge on any atom is 0.168 e. The first-order chi connectivity index (χ1) is 12.6. The second kappa shape index (κ2) is 7.84. The number of methoxy groups -OCH3 is 1. The maximum atomic E-state index is 6.44. The van der Waals surface area contributed by atoms with Crippen molar-refractivity contribution in [3.05, 3.63) is 27.7 Å². The number of nitrogens with zero attached hydrogens (tertiary/aromatic N) is 1. The zero-order valence-electron chi connectivity index (χ0n) is 15.3. The van der Waals surface area contributed by atoms with Crippen LogP contribution in [0.3, 0.4) is 0 Å². The van der Waals surface area contributed by atoms with Crippen LogP contribution < -0.4 is 4.74 Å². The van der Waals surface area contributed by atoms with E-state index in [0.717, 1.165) is 64.0 Å². The molecule has 2 heterocycles. The molecule has 0 aromatic heterocycles. The fourth-order valence-electron chi connectivity index (χ4n) is 4.74. The van der Waals surface area contributed by atoms with Gasteiger partial charge in [0.25, 0.3) is 0 Å². The van der Waals surface area contributed by atoms with Gasteiger partial charge < -0.3 is 19.1 Å². The van der Waals surface area contributed by atoms with E-state index in [-0.39, 0.29) is 5.79 Å². The van der Waals surface area contributed by atoms with E-state index in [4.69, 9.17) is 37.4 Å². The Bertz CT molecular complexity index is 615. The van der Waals surface area contributed by atoms with Crippen LogP contribution in [0, 0.1) is 5.92 Å². The molecular formula is C20H27Cl2NO3. The Hall–Kier alpha value is -0.520. The quantitative estimate of drug-likeness (QED) is 0.742. The Labute approximate surface area is 165 Å². The van der Waals surface area contributed by atoms with E-state index in [2.05, 4.69) is 4.90 Å². The number of benzene rings is 1. The molecule has 4 rings (SSSR count). The lowest BCUT2D eigenvalue weighted by Gasteiger charge is -2.39. The molecule has 3 aliphatic rings. The third-order valence-corrected chi connectivity index (χ3v) is 6.88. The lowest BCUT2D eigenvalue weighted by molar-refractivity contribution is -0.183. The van der Waals surface area contributed by atoms with Gasteiger partial charge in [-0.1, -0.05) is 23.2 Å². The molecule has 1 aromatic carbocycles. The molecule has 2 saturated heterocycles. The zero-order chi connectivity index (χ0) is 18.1. The Morgan fingerprint density at radius 2 is 1.77 bits per heavy atom. The molecule has 3 fully saturated rings. The summed E-state index contributed by atoms with van der Waals surface area (Å²) < 4.78 is 17.0. The van der Waals surface area contributed by atoms with Gasteiger partial charge in [0, 0.05) is 35.5 Å². The van der Waals surface area contributed by atoms with Gasteiger partial charge in [-0.25, -0.2) is 0 Å². The summed E-state index contributed by atoms with van der Waals surface area (Å²) in [5.74, 6) is 1.05. The van der Waals surface area contributed by atoms with E-state index in [1.165, 1.54) is 6.42 Å². The summed E-state index contributed by atoms with van der Waals surface area (Å²) >= 11 is 12.9. The summed E-state index contributed by atoms with van der Waals surface area (Å²) in [6, 6.07) is 4.37. The minimum atomic E-state index is -0.264. The van der Waals surface area contributed by atoms with Gasteiger partial charge in [0.1, 0.15) is 5.75 Å². The number of hydrogen-bond donors (Lipinski definition) is 0. The van der Waals surface area contributed by atoms with Gasteiger partial charge in [-0.15, -0.1) is 0 Å². The molecule has 1 atom stereocenters. The summed E-state index contributed by atoms with van der Waals surface area (Å²) in [6.07, 6.45) is 6.51. The van der Waals surface area contributed by atoms with Gasteiger partial charge in [-0.05, 0) is 55.8 Å². The van der Waals surface area contributed by atoms with Gasteiger partial charge in [-0.2, -0.15) is 0 Å². The van der Waals surface area contributed by atoms with Crippen LogP contribution in [0.5, 0.6) is 5.75 Å². The van der Waals surface area contributed by atoms with Crippen molar-refractivity contribution in [2.45, 2.75) is 50.4 Å². The number of halogens is 2. The van der Waals surface area contributed by atoms with Gasteiger partial charge in [-0.3, -0.25) is 0 Å². The fourth-order valence-corrected chi connectivity index (χ4v) is 5.36. The average molecular weight is 400 g/mol. The molecule has 2 aliphatic heterocycles. The third kappa shape index (κ3) is 3.85. The minimum Gasteiger partial charge on any atom is -0.497 e. The lowest BCUT2D eigenvalue weighted by atomic mass is 9.89. The highest BCUT2D eigenvalue weighted by atomic mass is 35.5. The molecule has 1 aromatic rings. The molecule has 1 unspecified atom stereocenters. The number of rotatable bonds is 4. The summed E-state index contributed by atoms with van der Waals surface area (Å²) in [4.78, 5) is 2.65. The van der Waals surface area contributed by atoms with Gasteiger partial charge >= 0.3 is 0 Å². The Balaban J connectivity index is 1.33. The normalized spacial score (nSPS) is 26.7. The Kier molecular flexibility index (Phi) is 5.68.